The van der Waals surface area contributed by atoms with Crippen molar-refractivity contribution in [1.29, 1.82) is 5.41 Å². The second-order valence-electron chi connectivity index (χ2n) is 7.12. The molecule has 1 aliphatic heterocycles. The van der Waals surface area contributed by atoms with Crippen molar-refractivity contribution in [1.82, 2.24) is 0 Å². The maximum absolute atomic E-state index is 11.9. The van der Waals surface area contributed by atoms with Crippen molar-refractivity contribution in [2.24, 2.45) is 11.7 Å². The highest BCUT2D eigenvalue weighted by Crippen LogP contribution is 2.39. The molecule has 1 amide bonds. The largest absolute Gasteiger partial charge is 0.383 e. The predicted molar refractivity (Wildman–Crippen MR) is 111 cm³/mol. The van der Waals surface area contributed by atoms with Gasteiger partial charge in [-0.3, -0.25) is 4.79 Å². The van der Waals surface area contributed by atoms with Crippen LogP contribution in [0.25, 0.3) is 11.1 Å². The van der Waals surface area contributed by atoms with Crippen molar-refractivity contribution in [2.75, 3.05) is 35.6 Å². The Balaban J connectivity index is 1.76. The minimum atomic E-state index is 0.0240. The van der Waals surface area contributed by atoms with Gasteiger partial charge in [0.25, 0.3) is 0 Å². The molecule has 0 radical (unpaired) electrons. The molecule has 1 aliphatic carbocycles. The molecule has 1 fully saturated rings. The van der Waals surface area contributed by atoms with Crippen molar-refractivity contribution >= 4 is 28.7 Å². The second-order valence-corrected chi connectivity index (χ2v) is 7.12. The number of benzene rings is 2. The van der Waals surface area contributed by atoms with Gasteiger partial charge in [-0.05, 0) is 36.6 Å². The van der Waals surface area contributed by atoms with Crippen molar-refractivity contribution in [3.05, 3.63) is 42.0 Å². The summed E-state index contributed by atoms with van der Waals surface area (Å²) in [6.45, 7) is 1.84. The Hall–Kier alpha value is -2.86. The lowest BCUT2D eigenvalue weighted by Gasteiger charge is -2.17. The van der Waals surface area contributed by atoms with Gasteiger partial charge >= 0.3 is 0 Å². The van der Waals surface area contributed by atoms with Gasteiger partial charge in [0.05, 0.1) is 11.4 Å². The average Bonchev–Trinajstić information content (AvgIpc) is 3.52. The quantitative estimate of drug-likeness (QED) is 0.508. The van der Waals surface area contributed by atoms with Crippen LogP contribution in [0, 0.1) is 11.3 Å². The zero-order chi connectivity index (χ0) is 18.8. The van der Waals surface area contributed by atoms with Crippen LogP contribution in [0.15, 0.2) is 36.4 Å². The normalized spacial score (nSPS) is 16.0. The monoisotopic (exact) mass is 363 g/mol. The molecule has 6 nitrogen and oxygen atoms in total. The van der Waals surface area contributed by atoms with Crippen molar-refractivity contribution in [3.8, 4) is 11.1 Å². The molecular weight excluding hydrogens is 338 g/mol. The van der Waals surface area contributed by atoms with Gasteiger partial charge < -0.3 is 27.1 Å². The molecule has 0 spiro atoms. The summed E-state index contributed by atoms with van der Waals surface area (Å²) in [5, 5.41) is 18.3. The van der Waals surface area contributed by atoms with E-state index in [2.05, 4.69) is 34.1 Å². The maximum atomic E-state index is 11.9. The summed E-state index contributed by atoms with van der Waals surface area (Å²) in [7, 11) is 0. The Bertz CT molecular complexity index is 888. The predicted octanol–water partition coefficient (Wildman–Crippen LogP) is 3.26. The van der Waals surface area contributed by atoms with Gasteiger partial charge in [-0.1, -0.05) is 18.2 Å². The van der Waals surface area contributed by atoms with E-state index in [1.807, 2.05) is 18.2 Å². The minimum Gasteiger partial charge on any atom is -0.383 e. The molecule has 2 aliphatic rings. The SMILES string of the molecule is N=C(c1cc(-c2cccc3c2NCCC(=O)N3)ccc1NCCN)C1CC1. The first-order chi connectivity index (χ1) is 13.2. The Morgan fingerprint density at radius 2 is 2.11 bits per heavy atom. The average molecular weight is 363 g/mol. The van der Waals surface area contributed by atoms with E-state index in [1.165, 1.54) is 0 Å². The third-order valence-corrected chi connectivity index (χ3v) is 5.06. The first-order valence-corrected chi connectivity index (χ1v) is 9.51. The number of hydrogen-bond acceptors (Lipinski definition) is 5. The Morgan fingerprint density at radius 3 is 2.89 bits per heavy atom. The number of carbonyl (C=O) groups is 1. The molecule has 6 heteroatoms. The van der Waals surface area contributed by atoms with Crippen LogP contribution in [-0.2, 0) is 4.79 Å². The first-order valence-electron chi connectivity index (χ1n) is 9.51. The molecule has 1 saturated carbocycles. The van der Waals surface area contributed by atoms with Crippen LogP contribution in [0.1, 0.15) is 24.8 Å². The zero-order valence-corrected chi connectivity index (χ0v) is 15.3. The molecule has 2 aromatic rings. The molecule has 0 saturated heterocycles. The van der Waals surface area contributed by atoms with Crippen LogP contribution in [0.2, 0.25) is 0 Å². The standard InChI is InChI=1S/C21H25N5O/c22-9-11-24-17-7-6-14(12-16(17)20(23)13-4-5-13)15-2-1-3-18-21(15)25-10-8-19(27)26-18/h1-3,6-7,12-13,23-25H,4-5,8-11,22H2,(H,26,27). The van der Waals surface area contributed by atoms with E-state index < -0.39 is 0 Å². The van der Waals surface area contributed by atoms with E-state index >= 15 is 0 Å². The Kier molecular flexibility index (Phi) is 4.81. The van der Waals surface area contributed by atoms with Crippen molar-refractivity contribution in [3.63, 3.8) is 0 Å². The lowest BCUT2D eigenvalue weighted by molar-refractivity contribution is -0.115. The molecule has 2 aromatic carbocycles. The topological polar surface area (TPSA) is 103 Å². The number of nitrogens with two attached hydrogens (primary N) is 1. The minimum absolute atomic E-state index is 0.0240. The molecule has 6 N–H and O–H groups in total. The molecule has 0 bridgehead atoms. The zero-order valence-electron chi connectivity index (χ0n) is 15.3. The fourth-order valence-corrected chi connectivity index (χ4v) is 3.49. The number of rotatable bonds is 6. The molecule has 27 heavy (non-hydrogen) atoms. The van der Waals surface area contributed by atoms with Gasteiger partial charge in [0.15, 0.2) is 0 Å². The van der Waals surface area contributed by atoms with E-state index in [-0.39, 0.29) is 5.91 Å². The van der Waals surface area contributed by atoms with Gasteiger partial charge in [-0.15, -0.1) is 0 Å². The lowest BCUT2D eigenvalue weighted by atomic mass is 9.96. The van der Waals surface area contributed by atoms with Gasteiger partial charge in [-0.2, -0.15) is 0 Å². The number of nitrogens with one attached hydrogen (secondary N) is 4. The van der Waals surface area contributed by atoms with Crippen LogP contribution in [0.5, 0.6) is 0 Å². The molecule has 140 valence electrons. The van der Waals surface area contributed by atoms with Gasteiger partial charge in [0.2, 0.25) is 5.91 Å². The highest BCUT2D eigenvalue weighted by atomic mass is 16.1. The van der Waals surface area contributed by atoms with Crippen LogP contribution in [-0.4, -0.2) is 31.3 Å². The summed E-state index contributed by atoms with van der Waals surface area (Å²) in [6.07, 6.45) is 2.63. The summed E-state index contributed by atoms with van der Waals surface area (Å²) in [5.74, 6) is 0.389. The number of fused-ring (bicyclic) bond motifs is 1. The van der Waals surface area contributed by atoms with Crippen molar-refractivity contribution < 1.29 is 4.79 Å². The molecule has 0 unspecified atom stereocenters. The molecule has 0 aromatic heterocycles. The fraction of sp³-hybridized carbons (Fsp3) is 0.333. The van der Waals surface area contributed by atoms with Gasteiger partial charge in [0, 0.05) is 54.5 Å². The maximum Gasteiger partial charge on any atom is 0.226 e. The highest BCUT2D eigenvalue weighted by molar-refractivity contribution is 6.07. The van der Waals surface area contributed by atoms with E-state index in [1.54, 1.807) is 0 Å². The number of hydrogen-bond donors (Lipinski definition) is 5. The fourth-order valence-electron chi connectivity index (χ4n) is 3.49. The van der Waals surface area contributed by atoms with E-state index in [9.17, 15) is 4.79 Å². The Labute approximate surface area is 159 Å². The van der Waals surface area contributed by atoms with Crippen LogP contribution >= 0.6 is 0 Å². The molecule has 0 atom stereocenters. The van der Waals surface area contributed by atoms with Crippen LogP contribution < -0.4 is 21.7 Å². The summed E-state index contributed by atoms with van der Waals surface area (Å²) in [5.41, 5.74) is 12.1. The van der Waals surface area contributed by atoms with Crippen molar-refractivity contribution in [2.45, 2.75) is 19.3 Å². The number of carbonyl (C=O) groups excluding carboxylic acids is 1. The molecular formula is C21H25N5O. The lowest BCUT2D eigenvalue weighted by Crippen LogP contribution is -2.16. The van der Waals surface area contributed by atoms with Gasteiger partial charge in [0.1, 0.15) is 0 Å². The third-order valence-electron chi connectivity index (χ3n) is 5.06. The summed E-state index contributed by atoms with van der Waals surface area (Å²) >= 11 is 0. The summed E-state index contributed by atoms with van der Waals surface area (Å²) in [4.78, 5) is 11.9. The highest BCUT2D eigenvalue weighted by Gasteiger charge is 2.29. The Morgan fingerprint density at radius 1 is 1.26 bits per heavy atom. The summed E-state index contributed by atoms with van der Waals surface area (Å²) in [6, 6.07) is 12.1. The van der Waals surface area contributed by atoms with Crippen LogP contribution in [0.4, 0.5) is 17.1 Å². The second kappa shape index (κ2) is 7.40. The molecule has 1 heterocycles. The number of para-hydroxylation sites is 1. The van der Waals surface area contributed by atoms with E-state index in [4.69, 9.17) is 11.1 Å². The smallest absolute Gasteiger partial charge is 0.226 e. The van der Waals surface area contributed by atoms with Gasteiger partial charge in [-0.25, -0.2) is 0 Å². The number of anilines is 3. The summed E-state index contributed by atoms with van der Waals surface area (Å²) < 4.78 is 0. The molecule has 4 rings (SSSR count). The van der Waals surface area contributed by atoms with Crippen LogP contribution in [0.3, 0.4) is 0 Å². The van der Waals surface area contributed by atoms with E-state index in [0.29, 0.717) is 37.7 Å². The first kappa shape index (κ1) is 17.5. The third kappa shape index (κ3) is 3.66. The number of amides is 1. The van der Waals surface area contributed by atoms with E-state index in [0.717, 1.165) is 46.6 Å².